The molecule has 5 nitrogen and oxygen atoms in total. The van der Waals surface area contributed by atoms with Gasteiger partial charge < -0.3 is 5.32 Å². The van der Waals surface area contributed by atoms with E-state index in [1.54, 1.807) is 7.05 Å². The van der Waals surface area contributed by atoms with E-state index in [4.69, 9.17) is 5.10 Å². The minimum atomic E-state index is -4.60. The lowest BCUT2D eigenvalue weighted by Gasteiger charge is -2.37. The second-order valence-corrected chi connectivity index (χ2v) is 9.39. The molecule has 9 heteroatoms. The topological polar surface area (TPSA) is 50.2 Å². The van der Waals surface area contributed by atoms with Crippen molar-refractivity contribution in [2.45, 2.75) is 64.3 Å². The summed E-state index contributed by atoms with van der Waals surface area (Å²) >= 11 is 0. The lowest BCUT2D eigenvalue weighted by Crippen LogP contribution is -2.41. The van der Waals surface area contributed by atoms with Crippen LogP contribution in [0, 0.1) is 12.7 Å². The maximum absolute atomic E-state index is 14.8. The average molecular weight is 517 g/mol. The van der Waals surface area contributed by atoms with Gasteiger partial charge in [-0.3, -0.25) is 14.4 Å². The molecule has 1 N–H and O–H groups in total. The molecular formula is C28H32F4N4O. The van der Waals surface area contributed by atoms with Crippen LogP contribution in [-0.2, 0) is 30.4 Å². The summed E-state index contributed by atoms with van der Waals surface area (Å²) in [4.78, 5) is 15.4. The van der Waals surface area contributed by atoms with E-state index in [1.165, 1.54) is 6.07 Å². The van der Waals surface area contributed by atoms with Crippen LogP contribution in [0.25, 0.3) is 0 Å². The zero-order chi connectivity index (χ0) is 26.7. The Labute approximate surface area is 214 Å². The molecule has 2 aromatic carbocycles. The van der Waals surface area contributed by atoms with Crippen LogP contribution >= 0.6 is 0 Å². The number of benzene rings is 2. The maximum atomic E-state index is 14.8. The van der Waals surface area contributed by atoms with Crippen molar-refractivity contribution in [1.82, 2.24) is 20.0 Å². The molecule has 198 valence electrons. The zero-order valence-corrected chi connectivity index (χ0v) is 21.3. The van der Waals surface area contributed by atoms with Crippen molar-refractivity contribution >= 4 is 5.91 Å². The van der Waals surface area contributed by atoms with Gasteiger partial charge in [-0.15, -0.1) is 0 Å². The van der Waals surface area contributed by atoms with E-state index in [1.807, 2.05) is 48.9 Å². The van der Waals surface area contributed by atoms with Gasteiger partial charge in [-0.05, 0) is 62.8 Å². The van der Waals surface area contributed by atoms with E-state index in [0.29, 0.717) is 25.6 Å². The zero-order valence-electron chi connectivity index (χ0n) is 21.3. The lowest BCUT2D eigenvalue weighted by atomic mass is 9.93. The summed E-state index contributed by atoms with van der Waals surface area (Å²) in [5.74, 6) is -1.02. The Morgan fingerprint density at radius 3 is 2.54 bits per heavy atom. The van der Waals surface area contributed by atoms with Crippen molar-refractivity contribution in [3.63, 3.8) is 0 Å². The molecule has 0 saturated carbocycles. The Morgan fingerprint density at radius 2 is 1.92 bits per heavy atom. The highest BCUT2D eigenvalue weighted by Gasteiger charge is 2.38. The van der Waals surface area contributed by atoms with Crippen LogP contribution in [0.4, 0.5) is 17.6 Å². The van der Waals surface area contributed by atoms with Gasteiger partial charge in [0.2, 0.25) is 5.91 Å². The van der Waals surface area contributed by atoms with Crippen molar-refractivity contribution in [2.24, 2.45) is 0 Å². The van der Waals surface area contributed by atoms with Gasteiger partial charge in [0.25, 0.3) is 0 Å². The van der Waals surface area contributed by atoms with Crippen LogP contribution < -0.4 is 5.32 Å². The minimum Gasteiger partial charge on any atom is -0.358 e. The van der Waals surface area contributed by atoms with Gasteiger partial charge in [0.05, 0.1) is 11.3 Å². The van der Waals surface area contributed by atoms with Crippen LogP contribution in [0.3, 0.4) is 0 Å². The van der Waals surface area contributed by atoms with E-state index >= 15 is 0 Å². The van der Waals surface area contributed by atoms with Crippen molar-refractivity contribution in [3.8, 4) is 0 Å². The molecule has 4 rings (SSSR count). The Bertz CT molecular complexity index is 1240. The first-order chi connectivity index (χ1) is 17.7. The predicted molar refractivity (Wildman–Crippen MR) is 133 cm³/mol. The van der Waals surface area contributed by atoms with E-state index in [9.17, 15) is 22.4 Å². The van der Waals surface area contributed by atoms with Crippen molar-refractivity contribution < 1.29 is 22.4 Å². The molecule has 0 bridgehead atoms. The smallest absolute Gasteiger partial charge is 0.358 e. The van der Waals surface area contributed by atoms with Crippen molar-refractivity contribution in [3.05, 3.63) is 88.0 Å². The third-order valence-corrected chi connectivity index (χ3v) is 7.16. The SMILES string of the molecule is CCn1nc(C)c2c1CCCN([C@@H](C(=O)NC)c1ccccc1)[C@H]2CCc1ccc(C(F)(F)F)cc1F. The fraction of sp³-hybridized carbons (Fsp3) is 0.429. The molecule has 0 unspecified atom stereocenters. The first-order valence-electron chi connectivity index (χ1n) is 12.6. The highest BCUT2D eigenvalue weighted by atomic mass is 19.4. The average Bonchev–Trinajstić information content (AvgIpc) is 3.07. The maximum Gasteiger partial charge on any atom is 0.416 e. The van der Waals surface area contributed by atoms with Gasteiger partial charge in [-0.1, -0.05) is 36.4 Å². The molecule has 1 aliphatic heterocycles. The number of aryl methyl sites for hydroxylation is 3. The monoisotopic (exact) mass is 516 g/mol. The first kappa shape index (κ1) is 26.9. The number of nitrogens with one attached hydrogen (secondary N) is 1. The second-order valence-electron chi connectivity index (χ2n) is 9.39. The second kappa shape index (κ2) is 11.0. The van der Waals surface area contributed by atoms with E-state index in [-0.39, 0.29) is 23.9 Å². The largest absolute Gasteiger partial charge is 0.416 e. The highest BCUT2D eigenvalue weighted by molar-refractivity contribution is 5.83. The number of aromatic nitrogens is 2. The van der Waals surface area contributed by atoms with Gasteiger partial charge in [0.15, 0.2) is 0 Å². The highest BCUT2D eigenvalue weighted by Crippen LogP contribution is 2.40. The van der Waals surface area contributed by atoms with E-state index < -0.39 is 23.6 Å². The van der Waals surface area contributed by atoms with Gasteiger partial charge in [0.1, 0.15) is 11.9 Å². The quantitative estimate of drug-likeness (QED) is 0.405. The van der Waals surface area contributed by atoms with E-state index in [2.05, 4.69) is 10.2 Å². The molecule has 1 aliphatic rings. The van der Waals surface area contributed by atoms with Crippen molar-refractivity contribution in [1.29, 1.82) is 0 Å². The molecule has 2 atom stereocenters. The standard InChI is InChI=1S/C28H32F4N4O/c1-4-36-24-11-8-16-35(26(27(37)33-3)20-9-6-5-7-10-20)23(25(24)18(2)34-36)15-13-19-12-14-21(17-22(19)29)28(30,31)32/h5-7,9-10,12,14,17,23,26H,4,8,11,13,15-16H2,1-3H3,(H,33,37)/t23-,26+/m0/s1. The number of carbonyl (C=O) groups is 1. The van der Waals surface area contributed by atoms with Crippen LogP contribution in [0.15, 0.2) is 48.5 Å². The Kier molecular flexibility index (Phi) is 8.02. The molecular weight excluding hydrogens is 484 g/mol. The summed E-state index contributed by atoms with van der Waals surface area (Å²) in [5, 5.41) is 7.53. The number of halogens is 4. The molecule has 0 saturated heterocycles. The summed E-state index contributed by atoms with van der Waals surface area (Å²) in [6.45, 7) is 5.30. The minimum absolute atomic E-state index is 0.152. The number of amides is 1. The summed E-state index contributed by atoms with van der Waals surface area (Å²) in [6.07, 6.45) is -2.36. The lowest BCUT2D eigenvalue weighted by molar-refractivity contribution is -0.137. The van der Waals surface area contributed by atoms with Crippen LogP contribution in [0.1, 0.15) is 65.5 Å². The molecule has 3 aromatic rings. The van der Waals surface area contributed by atoms with Gasteiger partial charge in [-0.2, -0.15) is 18.3 Å². The van der Waals surface area contributed by atoms with Crippen LogP contribution in [-0.4, -0.2) is 34.2 Å². The Morgan fingerprint density at radius 1 is 1.19 bits per heavy atom. The molecule has 0 radical (unpaired) electrons. The third kappa shape index (κ3) is 5.56. The fourth-order valence-electron chi connectivity index (χ4n) is 5.46. The summed E-state index contributed by atoms with van der Waals surface area (Å²) in [5.41, 5.74) is 3.04. The Balaban J connectivity index is 1.76. The molecule has 1 aromatic heterocycles. The number of hydrogen-bond donors (Lipinski definition) is 1. The molecule has 0 spiro atoms. The number of carbonyl (C=O) groups excluding carboxylic acids is 1. The Hall–Kier alpha value is -3.20. The predicted octanol–water partition coefficient (Wildman–Crippen LogP) is 5.78. The normalized spacial score (nSPS) is 17.2. The van der Waals surface area contributed by atoms with Crippen LogP contribution in [0.2, 0.25) is 0 Å². The van der Waals surface area contributed by atoms with Gasteiger partial charge in [0, 0.05) is 37.4 Å². The summed E-state index contributed by atoms with van der Waals surface area (Å²) in [7, 11) is 1.61. The number of hydrogen-bond acceptors (Lipinski definition) is 3. The number of nitrogens with zero attached hydrogens (tertiary/aromatic N) is 3. The van der Waals surface area contributed by atoms with Crippen molar-refractivity contribution in [2.75, 3.05) is 13.6 Å². The third-order valence-electron chi connectivity index (χ3n) is 7.16. The summed E-state index contributed by atoms with van der Waals surface area (Å²) in [6, 6.07) is 11.4. The number of rotatable bonds is 7. The number of fused-ring (bicyclic) bond motifs is 1. The molecule has 0 fully saturated rings. The molecule has 2 heterocycles. The molecule has 0 aliphatic carbocycles. The van der Waals surface area contributed by atoms with Gasteiger partial charge in [-0.25, -0.2) is 4.39 Å². The van der Waals surface area contributed by atoms with Gasteiger partial charge >= 0.3 is 6.18 Å². The van der Waals surface area contributed by atoms with Crippen LogP contribution in [0.5, 0.6) is 0 Å². The fourth-order valence-corrected chi connectivity index (χ4v) is 5.46. The molecule has 1 amide bonds. The van der Waals surface area contributed by atoms with E-state index in [0.717, 1.165) is 41.4 Å². The number of likely N-dealkylation sites (N-methyl/N-ethyl adjacent to an activating group) is 1. The summed E-state index contributed by atoms with van der Waals surface area (Å²) < 4.78 is 55.9. The first-order valence-corrected chi connectivity index (χ1v) is 12.6. The number of alkyl halides is 3. The molecule has 37 heavy (non-hydrogen) atoms.